The van der Waals surface area contributed by atoms with E-state index in [0.717, 1.165) is 31.4 Å². The average molecular weight is 401 g/mol. The number of benzene rings is 2. The van der Waals surface area contributed by atoms with Crippen LogP contribution in [0.3, 0.4) is 0 Å². The van der Waals surface area contributed by atoms with Crippen molar-refractivity contribution in [2.24, 2.45) is 0 Å². The number of carbonyl (C=O) groups excluding carboxylic acids is 1. The van der Waals surface area contributed by atoms with Crippen LogP contribution in [0.5, 0.6) is 0 Å². The lowest BCUT2D eigenvalue weighted by Crippen LogP contribution is -2.43. The monoisotopic (exact) mass is 400 g/mol. The van der Waals surface area contributed by atoms with Crippen molar-refractivity contribution in [3.05, 3.63) is 59.2 Å². The predicted octanol–water partition coefficient (Wildman–Crippen LogP) is 4.51. The Morgan fingerprint density at radius 1 is 1.11 bits per heavy atom. The number of rotatable bonds is 5. The van der Waals surface area contributed by atoms with Crippen molar-refractivity contribution in [3.63, 3.8) is 0 Å². The summed E-state index contributed by atoms with van der Waals surface area (Å²) in [6.07, 6.45) is 4.22. The van der Waals surface area contributed by atoms with Gasteiger partial charge in [-0.05, 0) is 81.0 Å². The molecule has 0 spiro atoms. The number of aryl methyl sites for hydroxylation is 2. The van der Waals surface area contributed by atoms with E-state index in [2.05, 4.69) is 11.6 Å². The maximum atomic E-state index is 12.9. The third-order valence-corrected chi connectivity index (χ3v) is 6.90. The first-order valence-corrected chi connectivity index (χ1v) is 11.3. The highest BCUT2D eigenvalue weighted by Crippen LogP contribution is 2.24. The summed E-state index contributed by atoms with van der Waals surface area (Å²) in [5.41, 5.74) is 2.62. The van der Waals surface area contributed by atoms with Gasteiger partial charge in [-0.3, -0.25) is 9.52 Å². The Bertz CT molecular complexity index is 952. The lowest BCUT2D eigenvalue weighted by molar-refractivity contribution is 0.0608. The summed E-state index contributed by atoms with van der Waals surface area (Å²) in [6.45, 7) is 6.54. The molecule has 5 nitrogen and oxygen atoms in total. The molecular formula is C22H28N2O3S. The SMILES string of the molecule is CCC1CCCCN1C(=O)c1ccc(NS(=O)(=O)c2cc(C)ccc2C)cc1. The topological polar surface area (TPSA) is 66.5 Å². The van der Waals surface area contributed by atoms with Crippen LogP contribution in [0, 0.1) is 13.8 Å². The Kier molecular flexibility index (Phi) is 6.08. The summed E-state index contributed by atoms with van der Waals surface area (Å²) in [4.78, 5) is 15.1. The van der Waals surface area contributed by atoms with E-state index in [1.165, 1.54) is 6.42 Å². The van der Waals surface area contributed by atoms with E-state index >= 15 is 0 Å². The van der Waals surface area contributed by atoms with Crippen molar-refractivity contribution in [1.29, 1.82) is 0 Å². The number of hydrogen-bond donors (Lipinski definition) is 1. The quantitative estimate of drug-likeness (QED) is 0.803. The minimum Gasteiger partial charge on any atom is -0.336 e. The van der Waals surface area contributed by atoms with Crippen LogP contribution in [-0.4, -0.2) is 31.8 Å². The van der Waals surface area contributed by atoms with Gasteiger partial charge in [0, 0.05) is 23.8 Å². The van der Waals surface area contributed by atoms with Gasteiger partial charge in [-0.15, -0.1) is 0 Å². The molecule has 2 aromatic carbocycles. The summed E-state index contributed by atoms with van der Waals surface area (Å²) in [7, 11) is -3.68. The molecule has 1 aliphatic rings. The molecular weight excluding hydrogens is 372 g/mol. The maximum Gasteiger partial charge on any atom is 0.262 e. The van der Waals surface area contributed by atoms with Crippen molar-refractivity contribution in [1.82, 2.24) is 4.90 Å². The smallest absolute Gasteiger partial charge is 0.262 e. The minimum absolute atomic E-state index is 0.0236. The van der Waals surface area contributed by atoms with Crippen LogP contribution in [0.15, 0.2) is 47.4 Å². The molecule has 28 heavy (non-hydrogen) atoms. The van der Waals surface area contributed by atoms with E-state index < -0.39 is 10.0 Å². The average Bonchev–Trinajstić information content (AvgIpc) is 2.69. The Labute approximate surface area is 167 Å². The van der Waals surface area contributed by atoms with E-state index in [4.69, 9.17) is 0 Å². The van der Waals surface area contributed by atoms with Gasteiger partial charge < -0.3 is 4.90 Å². The molecule has 1 saturated heterocycles. The number of nitrogens with zero attached hydrogens (tertiary/aromatic N) is 1. The summed E-state index contributed by atoms with van der Waals surface area (Å²) in [6, 6.07) is 12.4. The molecule has 0 saturated carbocycles. The minimum atomic E-state index is -3.68. The van der Waals surface area contributed by atoms with Crippen molar-refractivity contribution < 1.29 is 13.2 Å². The van der Waals surface area contributed by atoms with Gasteiger partial charge in [-0.25, -0.2) is 8.42 Å². The molecule has 150 valence electrons. The molecule has 1 heterocycles. The number of anilines is 1. The fourth-order valence-electron chi connectivity index (χ4n) is 3.75. The van der Waals surface area contributed by atoms with Crippen molar-refractivity contribution in [2.45, 2.75) is 57.4 Å². The molecule has 1 N–H and O–H groups in total. The molecule has 1 atom stereocenters. The van der Waals surface area contributed by atoms with Gasteiger partial charge in [0.05, 0.1) is 4.90 Å². The molecule has 0 radical (unpaired) electrons. The number of piperidine rings is 1. The second kappa shape index (κ2) is 8.35. The van der Waals surface area contributed by atoms with Crippen molar-refractivity contribution in [3.8, 4) is 0 Å². The van der Waals surface area contributed by atoms with E-state index in [1.54, 1.807) is 43.3 Å². The standard InChI is InChI=1S/C22H28N2O3S/c1-4-20-7-5-6-14-24(20)22(25)18-10-12-19(13-11-18)23-28(26,27)21-15-16(2)8-9-17(21)3/h8-13,15,20,23H,4-7,14H2,1-3H3. The number of hydrogen-bond acceptors (Lipinski definition) is 3. The third-order valence-electron chi connectivity index (χ3n) is 5.38. The molecule has 1 aliphatic heterocycles. The first-order valence-electron chi connectivity index (χ1n) is 9.83. The van der Waals surface area contributed by atoms with Gasteiger partial charge in [0.2, 0.25) is 0 Å². The zero-order valence-electron chi connectivity index (χ0n) is 16.7. The second-order valence-corrected chi connectivity index (χ2v) is 9.16. The molecule has 1 unspecified atom stereocenters. The zero-order valence-corrected chi connectivity index (χ0v) is 17.6. The van der Waals surface area contributed by atoms with Crippen molar-refractivity contribution in [2.75, 3.05) is 11.3 Å². The number of sulfonamides is 1. The van der Waals surface area contributed by atoms with Crippen LogP contribution in [0.1, 0.15) is 54.1 Å². The normalized spacial score (nSPS) is 17.4. The zero-order chi connectivity index (χ0) is 20.3. The Balaban J connectivity index is 1.77. The lowest BCUT2D eigenvalue weighted by Gasteiger charge is -2.35. The highest BCUT2D eigenvalue weighted by molar-refractivity contribution is 7.92. The molecule has 0 aliphatic carbocycles. The van der Waals surface area contributed by atoms with E-state index in [1.807, 2.05) is 17.9 Å². The van der Waals surface area contributed by atoms with Crippen LogP contribution in [0.2, 0.25) is 0 Å². The Morgan fingerprint density at radius 3 is 2.50 bits per heavy atom. The number of likely N-dealkylation sites (tertiary alicyclic amines) is 1. The maximum absolute atomic E-state index is 12.9. The first-order chi connectivity index (χ1) is 13.3. The number of carbonyl (C=O) groups is 1. The molecule has 1 amide bonds. The Hall–Kier alpha value is -2.34. The largest absolute Gasteiger partial charge is 0.336 e. The highest BCUT2D eigenvalue weighted by Gasteiger charge is 2.26. The van der Waals surface area contributed by atoms with Crippen LogP contribution in [-0.2, 0) is 10.0 Å². The molecule has 1 fully saturated rings. The number of nitrogens with one attached hydrogen (secondary N) is 1. The Morgan fingerprint density at radius 2 is 1.82 bits per heavy atom. The second-order valence-electron chi connectivity index (χ2n) is 7.51. The van der Waals surface area contributed by atoms with E-state index in [-0.39, 0.29) is 10.8 Å². The van der Waals surface area contributed by atoms with Gasteiger partial charge in [0.25, 0.3) is 15.9 Å². The summed E-state index contributed by atoms with van der Waals surface area (Å²) in [5.74, 6) is 0.0236. The fraction of sp³-hybridized carbons (Fsp3) is 0.409. The molecule has 0 bridgehead atoms. The van der Waals surface area contributed by atoms with Gasteiger partial charge in [-0.2, -0.15) is 0 Å². The predicted molar refractivity (Wildman–Crippen MR) is 112 cm³/mol. The molecule has 3 rings (SSSR count). The van der Waals surface area contributed by atoms with Crippen LogP contribution >= 0.6 is 0 Å². The summed E-state index contributed by atoms with van der Waals surface area (Å²) < 4.78 is 28.1. The van der Waals surface area contributed by atoms with E-state index in [0.29, 0.717) is 22.9 Å². The van der Waals surface area contributed by atoms with Crippen LogP contribution in [0.25, 0.3) is 0 Å². The molecule has 0 aromatic heterocycles. The highest BCUT2D eigenvalue weighted by atomic mass is 32.2. The third kappa shape index (κ3) is 4.38. The van der Waals surface area contributed by atoms with Gasteiger partial charge in [0.15, 0.2) is 0 Å². The summed E-state index contributed by atoms with van der Waals surface area (Å²) >= 11 is 0. The van der Waals surface area contributed by atoms with E-state index in [9.17, 15) is 13.2 Å². The van der Waals surface area contributed by atoms with Crippen LogP contribution in [0.4, 0.5) is 5.69 Å². The van der Waals surface area contributed by atoms with Crippen molar-refractivity contribution >= 4 is 21.6 Å². The number of amides is 1. The van der Waals surface area contributed by atoms with Crippen LogP contribution < -0.4 is 4.72 Å². The summed E-state index contributed by atoms with van der Waals surface area (Å²) in [5, 5.41) is 0. The molecule has 2 aromatic rings. The van der Waals surface area contributed by atoms with Gasteiger partial charge in [0.1, 0.15) is 0 Å². The lowest BCUT2D eigenvalue weighted by atomic mass is 9.99. The first kappa shape index (κ1) is 20.4. The fourth-order valence-corrected chi connectivity index (χ4v) is 5.14. The van der Waals surface area contributed by atoms with Gasteiger partial charge >= 0.3 is 0 Å². The molecule has 6 heteroatoms. The van der Waals surface area contributed by atoms with Gasteiger partial charge in [-0.1, -0.05) is 19.1 Å².